The zero-order valence-electron chi connectivity index (χ0n) is 14.0. The third kappa shape index (κ3) is 3.32. The molecule has 2 amide bonds. The van der Waals surface area contributed by atoms with Gasteiger partial charge in [0.05, 0.1) is 23.7 Å². The van der Waals surface area contributed by atoms with Crippen LogP contribution in [0, 0.1) is 19.8 Å². The Kier molecular flexibility index (Phi) is 4.38. The molecule has 0 saturated carbocycles. The van der Waals surface area contributed by atoms with Crippen molar-refractivity contribution in [2.45, 2.75) is 26.7 Å². The van der Waals surface area contributed by atoms with Gasteiger partial charge in [0, 0.05) is 18.8 Å². The first-order valence-electron chi connectivity index (χ1n) is 8.13. The van der Waals surface area contributed by atoms with Gasteiger partial charge in [-0.2, -0.15) is 5.10 Å². The third-order valence-corrected chi connectivity index (χ3v) is 4.49. The van der Waals surface area contributed by atoms with E-state index in [1.807, 2.05) is 48.9 Å². The van der Waals surface area contributed by atoms with Crippen LogP contribution in [0.4, 0.5) is 0 Å². The van der Waals surface area contributed by atoms with Gasteiger partial charge in [-0.3, -0.25) is 9.59 Å². The van der Waals surface area contributed by atoms with Gasteiger partial charge in [-0.1, -0.05) is 12.1 Å². The van der Waals surface area contributed by atoms with Crippen molar-refractivity contribution in [1.82, 2.24) is 14.7 Å². The number of aryl methyl sites for hydroxylation is 2. The number of amides is 2. The Morgan fingerprint density at radius 3 is 2.50 bits per heavy atom. The number of hydrogen-bond acceptors (Lipinski definition) is 3. The minimum atomic E-state index is -0.320. The smallest absolute Gasteiger partial charge is 0.227 e. The first kappa shape index (κ1) is 16.2. The van der Waals surface area contributed by atoms with Crippen LogP contribution in [0.5, 0.6) is 0 Å². The van der Waals surface area contributed by atoms with Gasteiger partial charge in [0.2, 0.25) is 11.8 Å². The quantitative estimate of drug-likeness (QED) is 0.921. The van der Waals surface area contributed by atoms with Gasteiger partial charge in [-0.15, -0.1) is 0 Å². The van der Waals surface area contributed by atoms with Crippen LogP contribution < -0.4 is 5.73 Å². The number of nitrogens with two attached hydrogens (primary N) is 1. The zero-order chi connectivity index (χ0) is 17.3. The van der Waals surface area contributed by atoms with Crippen molar-refractivity contribution in [2.24, 2.45) is 11.7 Å². The lowest BCUT2D eigenvalue weighted by Crippen LogP contribution is -2.32. The lowest BCUT2D eigenvalue weighted by Gasteiger charge is -2.16. The molecule has 2 aromatic rings. The second-order valence-electron chi connectivity index (χ2n) is 6.41. The number of rotatable bonds is 4. The number of hydrogen-bond donors (Lipinski definition) is 1. The Hall–Kier alpha value is -2.63. The molecule has 6 heteroatoms. The molecule has 3 rings (SSSR count). The number of benzene rings is 1. The van der Waals surface area contributed by atoms with Crippen molar-refractivity contribution in [3.8, 4) is 5.69 Å². The van der Waals surface area contributed by atoms with E-state index in [1.54, 1.807) is 4.90 Å². The average molecular weight is 326 g/mol. The van der Waals surface area contributed by atoms with Crippen LogP contribution in [0.2, 0.25) is 0 Å². The van der Waals surface area contributed by atoms with Gasteiger partial charge in [-0.25, -0.2) is 4.68 Å². The molecule has 0 unspecified atom stereocenters. The van der Waals surface area contributed by atoms with Gasteiger partial charge in [0.1, 0.15) is 0 Å². The summed E-state index contributed by atoms with van der Waals surface area (Å²) in [6.07, 6.45) is 1.00. The molecule has 1 fully saturated rings. The molecule has 1 aliphatic heterocycles. The molecule has 1 aliphatic rings. The van der Waals surface area contributed by atoms with E-state index in [4.69, 9.17) is 5.73 Å². The van der Waals surface area contributed by atoms with Gasteiger partial charge in [-0.05, 0) is 44.0 Å². The lowest BCUT2D eigenvalue weighted by molar-refractivity contribution is -0.129. The number of primary amides is 1. The molecule has 1 aromatic heterocycles. The molecule has 2 heterocycles. The van der Waals surface area contributed by atoms with Crippen molar-refractivity contribution >= 4 is 11.8 Å². The summed E-state index contributed by atoms with van der Waals surface area (Å²) in [6, 6.07) is 9.87. The minimum absolute atomic E-state index is 0.0395. The summed E-state index contributed by atoms with van der Waals surface area (Å²) in [4.78, 5) is 25.3. The van der Waals surface area contributed by atoms with Crippen LogP contribution >= 0.6 is 0 Å². The van der Waals surface area contributed by atoms with Crippen LogP contribution in [0.25, 0.3) is 5.69 Å². The van der Waals surface area contributed by atoms with E-state index in [2.05, 4.69) is 5.10 Å². The SMILES string of the molecule is Cc1cc(C)n(-c2ccc(CC(=O)N3CC[C@H](C(N)=O)C3)cc2)n1. The Bertz CT molecular complexity index is 764. The largest absolute Gasteiger partial charge is 0.369 e. The van der Waals surface area contributed by atoms with Crippen molar-refractivity contribution < 1.29 is 9.59 Å². The normalized spacial score (nSPS) is 17.2. The third-order valence-electron chi connectivity index (χ3n) is 4.49. The summed E-state index contributed by atoms with van der Waals surface area (Å²) >= 11 is 0. The number of likely N-dealkylation sites (tertiary alicyclic amines) is 1. The van der Waals surface area contributed by atoms with Gasteiger partial charge >= 0.3 is 0 Å². The first-order chi connectivity index (χ1) is 11.4. The maximum atomic E-state index is 12.4. The average Bonchev–Trinajstić information content (AvgIpc) is 3.15. The molecule has 1 saturated heterocycles. The Morgan fingerprint density at radius 1 is 1.25 bits per heavy atom. The van der Waals surface area contributed by atoms with E-state index in [0.717, 1.165) is 22.6 Å². The number of carbonyl (C=O) groups is 2. The van der Waals surface area contributed by atoms with Crippen LogP contribution in [0.15, 0.2) is 30.3 Å². The van der Waals surface area contributed by atoms with Crippen LogP contribution in [0.1, 0.15) is 23.4 Å². The van der Waals surface area contributed by atoms with Crippen molar-refractivity contribution in [2.75, 3.05) is 13.1 Å². The topological polar surface area (TPSA) is 81.2 Å². The number of carbonyl (C=O) groups excluding carboxylic acids is 2. The minimum Gasteiger partial charge on any atom is -0.369 e. The molecule has 126 valence electrons. The van der Waals surface area contributed by atoms with Gasteiger partial charge in [0.25, 0.3) is 0 Å². The Labute approximate surface area is 141 Å². The Morgan fingerprint density at radius 2 is 1.96 bits per heavy atom. The second kappa shape index (κ2) is 6.47. The van der Waals surface area contributed by atoms with Crippen LogP contribution in [-0.2, 0) is 16.0 Å². The molecule has 0 radical (unpaired) electrons. The summed E-state index contributed by atoms with van der Waals surface area (Å²) in [7, 11) is 0. The van der Waals surface area contributed by atoms with Crippen LogP contribution in [0.3, 0.4) is 0 Å². The maximum Gasteiger partial charge on any atom is 0.227 e. The number of aromatic nitrogens is 2. The molecule has 0 bridgehead atoms. The fraction of sp³-hybridized carbons (Fsp3) is 0.389. The number of nitrogens with zero attached hydrogens (tertiary/aromatic N) is 3. The maximum absolute atomic E-state index is 12.4. The predicted molar refractivity (Wildman–Crippen MR) is 90.6 cm³/mol. The lowest BCUT2D eigenvalue weighted by atomic mass is 10.1. The van der Waals surface area contributed by atoms with Crippen LogP contribution in [-0.4, -0.2) is 39.6 Å². The zero-order valence-corrected chi connectivity index (χ0v) is 14.0. The van der Waals surface area contributed by atoms with Crippen molar-refractivity contribution in [3.05, 3.63) is 47.3 Å². The molecule has 24 heavy (non-hydrogen) atoms. The van der Waals surface area contributed by atoms with E-state index < -0.39 is 0 Å². The van der Waals surface area contributed by atoms with E-state index in [1.165, 1.54) is 0 Å². The highest BCUT2D eigenvalue weighted by atomic mass is 16.2. The van der Waals surface area contributed by atoms with E-state index >= 15 is 0 Å². The van der Waals surface area contributed by atoms with E-state index in [9.17, 15) is 9.59 Å². The monoisotopic (exact) mass is 326 g/mol. The first-order valence-corrected chi connectivity index (χ1v) is 8.13. The molecular formula is C18H22N4O2. The molecule has 1 aromatic carbocycles. The summed E-state index contributed by atoms with van der Waals surface area (Å²) in [5.41, 5.74) is 9.30. The predicted octanol–water partition coefficient (Wildman–Crippen LogP) is 1.37. The molecule has 6 nitrogen and oxygen atoms in total. The van der Waals surface area contributed by atoms with Gasteiger partial charge in [0.15, 0.2) is 0 Å². The fourth-order valence-corrected chi connectivity index (χ4v) is 3.15. The van der Waals surface area contributed by atoms with Crippen molar-refractivity contribution in [3.63, 3.8) is 0 Å². The summed E-state index contributed by atoms with van der Waals surface area (Å²) in [5.74, 6) is -0.487. The summed E-state index contributed by atoms with van der Waals surface area (Å²) in [5, 5.41) is 4.46. The standard InChI is InChI=1S/C18H22N4O2/c1-12-9-13(2)22(20-12)16-5-3-14(4-6-16)10-17(23)21-8-7-15(11-21)18(19)24/h3-6,9,15H,7-8,10-11H2,1-2H3,(H2,19,24)/t15-/m0/s1. The molecular weight excluding hydrogens is 304 g/mol. The second-order valence-corrected chi connectivity index (χ2v) is 6.41. The van der Waals surface area contributed by atoms with Crippen molar-refractivity contribution in [1.29, 1.82) is 0 Å². The summed E-state index contributed by atoms with van der Waals surface area (Å²) in [6.45, 7) is 5.03. The van der Waals surface area contributed by atoms with E-state index in [0.29, 0.717) is 25.9 Å². The summed E-state index contributed by atoms with van der Waals surface area (Å²) < 4.78 is 1.89. The fourth-order valence-electron chi connectivity index (χ4n) is 3.15. The molecule has 2 N–H and O–H groups in total. The van der Waals surface area contributed by atoms with Gasteiger partial charge < -0.3 is 10.6 Å². The highest BCUT2D eigenvalue weighted by Gasteiger charge is 2.29. The highest BCUT2D eigenvalue weighted by molar-refractivity contribution is 5.82. The molecule has 0 spiro atoms. The molecule has 1 atom stereocenters. The van der Waals surface area contributed by atoms with E-state index in [-0.39, 0.29) is 17.7 Å². The molecule has 0 aliphatic carbocycles. The Balaban J connectivity index is 1.65. The highest BCUT2D eigenvalue weighted by Crippen LogP contribution is 2.18.